The molecule has 4 atom stereocenters. The molecule has 0 radical (unpaired) electrons. The second-order valence-electron chi connectivity index (χ2n) is 7.80. The highest BCUT2D eigenvalue weighted by atomic mass is 16.6. The number of benzene rings is 3. The zero-order valence-corrected chi connectivity index (χ0v) is 17.5. The van der Waals surface area contributed by atoms with E-state index in [1.54, 1.807) is 24.3 Å². The third-order valence-electron chi connectivity index (χ3n) is 5.85. The number of ether oxygens (including phenoxy) is 2. The Balaban J connectivity index is 1.60. The first-order chi connectivity index (χ1) is 15.6. The van der Waals surface area contributed by atoms with Crippen molar-refractivity contribution < 1.29 is 24.2 Å². The van der Waals surface area contributed by atoms with Gasteiger partial charge in [0.05, 0.1) is 17.6 Å². The van der Waals surface area contributed by atoms with Gasteiger partial charge >= 0.3 is 5.97 Å². The summed E-state index contributed by atoms with van der Waals surface area (Å²) in [6.07, 6.45) is -2.07. The Labute approximate surface area is 186 Å². The molecule has 0 saturated heterocycles. The minimum absolute atomic E-state index is 0.197. The first-order valence-electron chi connectivity index (χ1n) is 10.5. The van der Waals surface area contributed by atoms with Gasteiger partial charge in [-0.1, -0.05) is 79.4 Å². The molecule has 0 spiro atoms. The van der Waals surface area contributed by atoms with Crippen molar-refractivity contribution in [3.05, 3.63) is 108 Å². The Bertz CT molecular complexity index is 1080. The summed E-state index contributed by atoms with van der Waals surface area (Å²) in [4.78, 5) is 24.0. The van der Waals surface area contributed by atoms with Crippen molar-refractivity contribution in [2.24, 2.45) is 5.92 Å². The lowest BCUT2D eigenvalue weighted by molar-refractivity contribution is -0.137. The molecule has 0 aromatic heterocycles. The van der Waals surface area contributed by atoms with Crippen LogP contribution < -0.4 is 0 Å². The summed E-state index contributed by atoms with van der Waals surface area (Å²) in [6.45, 7) is 4.38. The maximum absolute atomic E-state index is 12.6. The molecule has 1 N–H and O–H groups in total. The summed E-state index contributed by atoms with van der Waals surface area (Å²) < 4.78 is 11.2. The van der Waals surface area contributed by atoms with Crippen LogP contribution in [0.2, 0.25) is 0 Å². The summed E-state index contributed by atoms with van der Waals surface area (Å²) in [5.41, 5.74) is 3.73. The first-order valence-corrected chi connectivity index (χ1v) is 10.5. The molecule has 1 saturated carbocycles. The van der Waals surface area contributed by atoms with E-state index in [0.717, 1.165) is 16.7 Å². The average molecular weight is 428 g/mol. The van der Waals surface area contributed by atoms with Gasteiger partial charge in [-0.15, -0.1) is 0 Å². The Morgan fingerprint density at radius 2 is 1.53 bits per heavy atom. The lowest BCUT2D eigenvalue weighted by Gasteiger charge is -2.28. The van der Waals surface area contributed by atoms with Gasteiger partial charge in [0.1, 0.15) is 12.2 Å². The van der Waals surface area contributed by atoms with E-state index in [0.29, 0.717) is 17.6 Å². The summed E-state index contributed by atoms with van der Waals surface area (Å²) >= 11 is 0. The predicted octanol–water partition coefficient (Wildman–Crippen LogP) is 4.73. The molecule has 1 aliphatic rings. The topological polar surface area (TPSA) is 72.8 Å². The molecule has 3 aromatic carbocycles. The molecule has 0 aliphatic heterocycles. The summed E-state index contributed by atoms with van der Waals surface area (Å²) in [7, 11) is 0. The van der Waals surface area contributed by atoms with Crippen LogP contribution in [0.5, 0.6) is 0 Å². The normalized spacial score (nSPS) is 21.0. The van der Waals surface area contributed by atoms with Crippen molar-refractivity contribution in [2.45, 2.75) is 24.7 Å². The van der Waals surface area contributed by atoms with E-state index in [2.05, 4.69) is 6.58 Å². The molecular formula is C27H24O5. The third-order valence-corrected chi connectivity index (χ3v) is 5.85. The highest BCUT2D eigenvalue weighted by molar-refractivity contribution is 5.89. The molecule has 32 heavy (non-hydrogen) atoms. The summed E-state index contributed by atoms with van der Waals surface area (Å²) in [6, 6.07) is 26.2. The zero-order valence-electron chi connectivity index (χ0n) is 17.5. The van der Waals surface area contributed by atoms with Crippen molar-refractivity contribution in [2.75, 3.05) is 0 Å². The highest BCUT2D eigenvalue weighted by Gasteiger charge is 2.45. The van der Waals surface area contributed by atoms with E-state index in [1.165, 1.54) is 0 Å². The Hall–Kier alpha value is -3.70. The van der Waals surface area contributed by atoms with Gasteiger partial charge in [0.25, 0.3) is 6.47 Å². The number of carbonyl (C=O) groups is 2. The van der Waals surface area contributed by atoms with Gasteiger partial charge < -0.3 is 14.6 Å². The largest absolute Gasteiger partial charge is 0.459 e. The minimum Gasteiger partial charge on any atom is -0.459 e. The lowest BCUT2D eigenvalue weighted by atomic mass is 9.89. The molecule has 162 valence electrons. The van der Waals surface area contributed by atoms with Crippen molar-refractivity contribution in [3.63, 3.8) is 0 Å². The van der Waals surface area contributed by atoms with Crippen LogP contribution in [0.15, 0.2) is 97.1 Å². The van der Waals surface area contributed by atoms with Crippen LogP contribution in [-0.4, -0.2) is 29.8 Å². The van der Waals surface area contributed by atoms with Crippen molar-refractivity contribution in [3.8, 4) is 11.1 Å². The molecule has 1 fully saturated rings. The second kappa shape index (κ2) is 9.62. The number of carbonyl (C=O) groups excluding carboxylic acids is 2. The second-order valence-corrected chi connectivity index (χ2v) is 7.80. The number of hydrogen-bond donors (Lipinski definition) is 1. The Morgan fingerprint density at radius 3 is 2.16 bits per heavy atom. The molecule has 4 rings (SSSR count). The van der Waals surface area contributed by atoms with Gasteiger partial charge in [-0.25, -0.2) is 4.79 Å². The lowest BCUT2D eigenvalue weighted by Crippen LogP contribution is -2.29. The van der Waals surface area contributed by atoms with Gasteiger partial charge in [0.15, 0.2) is 0 Å². The van der Waals surface area contributed by atoms with E-state index < -0.39 is 30.2 Å². The molecule has 0 bridgehead atoms. The monoisotopic (exact) mass is 428 g/mol. The fraction of sp³-hybridized carbons (Fsp3) is 0.185. The van der Waals surface area contributed by atoms with Crippen LogP contribution in [0.4, 0.5) is 0 Å². The van der Waals surface area contributed by atoms with Crippen LogP contribution in [0.3, 0.4) is 0 Å². The number of esters is 1. The van der Waals surface area contributed by atoms with Crippen LogP contribution in [-0.2, 0) is 14.3 Å². The quantitative estimate of drug-likeness (QED) is 0.335. The number of aliphatic hydroxyl groups excluding tert-OH is 1. The number of hydrogen-bond acceptors (Lipinski definition) is 5. The minimum atomic E-state index is -0.852. The smallest absolute Gasteiger partial charge is 0.338 e. The van der Waals surface area contributed by atoms with Gasteiger partial charge in [0, 0.05) is 6.42 Å². The zero-order chi connectivity index (χ0) is 22.5. The maximum atomic E-state index is 12.6. The Kier molecular flexibility index (Phi) is 6.47. The molecule has 5 nitrogen and oxygen atoms in total. The highest BCUT2D eigenvalue weighted by Crippen LogP contribution is 2.43. The van der Waals surface area contributed by atoms with Gasteiger partial charge in [-0.3, -0.25) is 4.79 Å². The number of aliphatic hydroxyl groups is 1. The van der Waals surface area contributed by atoms with E-state index in [4.69, 9.17) is 9.47 Å². The molecule has 1 unspecified atom stereocenters. The van der Waals surface area contributed by atoms with E-state index in [-0.39, 0.29) is 6.42 Å². The summed E-state index contributed by atoms with van der Waals surface area (Å²) in [5.74, 6) is -1.06. The van der Waals surface area contributed by atoms with Crippen molar-refractivity contribution >= 4 is 12.4 Å². The fourth-order valence-electron chi connectivity index (χ4n) is 4.20. The van der Waals surface area contributed by atoms with Gasteiger partial charge in [-0.2, -0.15) is 0 Å². The fourth-order valence-corrected chi connectivity index (χ4v) is 4.20. The molecule has 0 amide bonds. The molecule has 0 heterocycles. The predicted molar refractivity (Wildman–Crippen MR) is 121 cm³/mol. The van der Waals surface area contributed by atoms with Crippen molar-refractivity contribution in [1.82, 2.24) is 0 Å². The average Bonchev–Trinajstić information content (AvgIpc) is 3.11. The van der Waals surface area contributed by atoms with Gasteiger partial charge in [-0.05, 0) is 34.4 Å². The van der Waals surface area contributed by atoms with Crippen molar-refractivity contribution in [1.29, 1.82) is 0 Å². The van der Waals surface area contributed by atoms with E-state index in [9.17, 15) is 14.7 Å². The third kappa shape index (κ3) is 4.48. The van der Waals surface area contributed by atoms with Crippen LogP contribution in [0.25, 0.3) is 11.1 Å². The SMILES string of the molecule is C=C1[C@H](O)C[C@H](OC(=O)c2ccccc2)[C@@H]1C(OC=O)c1ccc(-c2ccccc2)cc1. The molecular weight excluding hydrogens is 404 g/mol. The molecule has 5 heteroatoms. The van der Waals surface area contributed by atoms with E-state index >= 15 is 0 Å². The van der Waals surface area contributed by atoms with Crippen LogP contribution in [0.1, 0.15) is 28.4 Å². The maximum Gasteiger partial charge on any atom is 0.338 e. The summed E-state index contributed by atoms with van der Waals surface area (Å²) in [5, 5.41) is 10.4. The first kappa shape index (κ1) is 21.5. The Morgan fingerprint density at radius 1 is 0.938 bits per heavy atom. The molecule has 1 aliphatic carbocycles. The molecule has 3 aromatic rings. The number of rotatable bonds is 7. The standard InChI is InChI=1S/C27H24O5/c1-18-23(29)16-24(32-27(30)22-10-6-3-7-11-22)25(18)26(31-17-28)21-14-12-20(13-15-21)19-8-4-2-5-9-19/h2-15,17,23-26,29H,1,16H2/t23-,24+,25-,26?/m1/s1. The van der Waals surface area contributed by atoms with Gasteiger partial charge in [0.2, 0.25) is 0 Å². The van der Waals surface area contributed by atoms with E-state index in [1.807, 2.05) is 60.7 Å². The van der Waals surface area contributed by atoms with Crippen LogP contribution in [0, 0.1) is 5.92 Å². The van der Waals surface area contributed by atoms with Crippen LogP contribution >= 0.6 is 0 Å².